The third-order valence-corrected chi connectivity index (χ3v) is 4.73. The van der Waals surface area contributed by atoms with Crippen molar-refractivity contribution in [3.63, 3.8) is 0 Å². The van der Waals surface area contributed by atoms with Gasteiger partial charge in [0.05, 0.1) is 18.5 Å². The van der Waals surface area contributed by atoms with E-state index in [0.29, 0.717) is 22.5 Å². The number of esters is 1. The first-order chi connectivity index (χ1) is 16.0. The number of aliphatic imine (C=N–C) groups is 1. The maximum atomic E-state index is 12.7. The zero-order valence-corrected chi connectivity index (χ0v) is 19.2. The van der Waals surface area contributed by atoms with Crippen LogP contribution in [0.2, 0.25) is 0 Å². The summed E-state index contributed by atoms with van der Waals surface area (Å²) in [4.78, 5) is 44.6. The van der Waals surface area contributed by atoms with Crippen molar-refractivity contribution >= 4 is 29.2 Å². The molecule has 8 nitrogen and oxygen atoms in total. The van der Waals surface area contributed by atoms with Gasteiger partial charge in [0.1, 0.15) is 11.9 Å². The molecule has 0 radical (unpaired) electrons. The summed E-state index contributed by atoms with van der Waals surface area (Å²) in [6.45, 7) is 0. The van der Waals surface area contributed by atoms with Gasteiger partial charge in [-0.05, 0) is 24.1 Å². The third-order valence-electron chi connectivity index (χ3n) is 4.73. The quantitative estimate of drug-likeness (QED) is 0.266. The van der Waals surface area contributed by atoms with Gasteiger partial charge in [-0.2, -0.15) is 0 Å². The zero-order chi connectivity index (χ0) is 23.6. The van der Waals surface area contributed by atoms with Crippen LogP contribution in [0, 0.1) is 0 Å². The fraction of sp³-hybridized carbons (Fsp3) is 0.160. The fourth-order valence-electron chi connectivity index (χ4n) is 3.08. The normalized spacial score (nSPS) is 11.6. The molecule has 1 N–H and O–H groups in total. The summed E-state index contributed by atoms with van der Waals surface area (Å²) >= 11 is 0. The van der Waals surface area contributed by atoms with Crippen LogP contribution >= 0.6 is 0 Å². The van der Waals surface area contributed by atoms with Gasteiger partial charge in [0, 0.05) is 34.7 Å². The molecule has 178 valence electrons. The molecule has 0 bridgehead atoms. The summed E-state index contributed by atoms with van der Waals surface area (Å²) < 4.78 is 4.62. The standard InChI is InChI=1S/C25H23N3O5.Ni/c1-33-22(29)15-14-21(25(31)32)27-23(17-9-3-2-4-10-17)18-11-5-6-12-19(18)28-24(30)20-13-7-8-16-26-20;/h2-13,16,21H,14-15H2,1H3,(H2,27,28,30,31,32);/p-1/t21-;/m0./s1. The van der Waals surface area contributed by atoms with Crippen molar-refractivity contribution < 1.29 is 40.7 Å². The van der Waals surface area contributed by atoms with E-state index < -0.39 is 23.9 Å². The molecule has 3 rings (SSSR count). The van der Waals surface area contributed by atoms with Crippen LogP contribution in [0.25, 0.3) is 5.32 Å². The number of aromatic nitrogens is 1. The number of methoxy groups -OCH3 is 1. The summed E-state index contributed by atoms with van der Waals surface area (Å²) in [6, 6.07) is 19.6. The summed E-state index contributed by atoms with van der Waals surface area (Å²) in [5.41, 5.74) is 1.99. The number of nitrogens with zero attached hydrogens (tertiary/aromatic N) is 3. The number of ether oxygens (including phenoxy) is 1. The molecule has 0 saturated carbocycles. The molecule has 0 unspecified atom stereocenters. The van der Waals surface area contributed by atoms with Gasteiger partial charge in [-0.3, -0.25) is 14.8 Å². The average molecular weight is 503 g/mol. The van der Waals surface area contributed by atoms with Crippen molar-refractivity contribution in [2.45, 2.75) is 18.9 Å². The number of carbonyl (C=O) groups excluding carboxylic acids is 2. The minimum atomic E-state index is -1.20. The molecule has 9 heteroatoms. The number of carbonyl (C=O) groups is 3. The maximum Gasteiger partial charge on any atom is 0.328 e. The number of benzene rings is 2. The Balaban J connectivity index is 0.00000408. The van der Waals surface area contributed by atoms with Crippen LogP contribution in [-0.2, 0) is 30.8 Å². The van der Waals surface area contributed by atoms with Crippen LogP contribution < -0.4 is 0 Å². The van der Waals surface area contributed by atoms with E-state index in [1.54, 1.807) is 66.7 Å². The van der Waals surface area contributed by atoms with E-state index in [1.807, 2.05) is 6.07 Å². The van der Waals surface area contributed by atoms with Crippen molar-refractivity contribution in [3.8, 4) is 0 Å². The van der Waals surface area contributed by atoms with Crippen LogP contribution in [0.4, 0.5) is 5.69 Å². The number of hydrogen-bond donors (Lipinski definition) is 1. The first kappa shape index (κ1) is 26.4. The van der Waals surface area contributed by atoms with Gasteiger partial charge in [-0.1, -0.05) is 60.7 Å². The topological polar surface area (TPSA) is 120 Å². The monoisotopic (exact) mass is 502 g/mol. The van der Waals surface area contributed by atoms with Crippen molar-refractivity contribution in [1.82, 2.24) is 4.98 Å². The molecule has 0 saturated heterocycles. The first-order valence-electron chi connectivity index (χ1n) is 10.2. The third kappa shape index (κ3) is 7.08. The van der Waals surface area contributed by atoms with Crippen molar-refractivity contribution in [2.75, 3.05) is 7.11 Å². The first-order valence-corrected chi connectivity index (χ1v) is 10.2. The molecule has 1 amide bonds. The number of hydrogen-bond acceptors (Lipinski definition) is 6. The summed E-state index contributed by atoms with van der Waals surface area (Å²) in [5.74, 6) is -2.23. The number of aliphatic carboxylic acids is 1. The van der Waals surface area contributed by atoms with E-state index in [9.17, 15) is 19.5 Å². The molecule has 1 atom stereocenters. The Morgan fingerprint density at radius 2 is 1.68 bits per heavy atom. The number of para-hydroxylation sites is 1. The van der Waals surface area contributed by atoms with Crippen molar-refractivity contribution in [2.24, 2.45) is 4.99 Å². The van der Waals surface area contributed by atoms with Gasteiger partial charge in [0.2, 0.25) is 0 Å². The number of carboxylic acids is 1. The van der Waals surface area contributed by atoms with Gasteiger partial charge < -0.3 is 20.0 Å². The largest absolute Gasteiger partial charge is 0.621 e. The SMILES string of the molecule is COC(=O)CC[C@H](N=C(c1ccccc1)c1ccccc1[N-]C(=O)c1ccccn1)C(=O)O.[Ni]. The Labute approximate surface area is 207 Å². The Bertz CT molecular complexity index is 1150. The molecule has 0 spiro atoms. The zero-order valence-electron chi connectivity index (χ0n) is 18.2. The Morgan fingerprint density at radius 3 is 2.32 bits per heavy atom. The van der Waals surface area contributed by atoms with E-state index in [0.717, 1.165) is 0 Å². The fourth-order valence-corrected chi connectivity index (χ4v) is 3.08. The number of carboxylic acid groups (broad SMARTS) is 1. The second-order valence-electron chi connectivity index (χ2n) is 6.96. The molecule has 34 heavy (non-hydrogen) atoms. The minimum absolute atomic E-state index is 0. The number of rotatable bonds is 9. The minimum Gasteiger partial charge on any atom is -0.621 e. The Kier molecular flexibility index (Phi) is 10.1. The molecule has 0 aliphatic rings. The molecule has 2 aromatic carbocycles. The summed E-state index contributed by atoms with van der Waals surface area (Å²) in [5, 5.41) is 13.9. The van der Waals surface area contributed by atoms with Gasteiger partial charge in [-0.25, -0.2) is 4.79 Å². The molecule has 0 aliphatic heterocycles. The summed E-state index contributed by atoms with van der Waals surface area (Å²) in [6.07, 6.45) is 1.37. The van der Waals surface area contributed by atoms with Crippen LogP contribution in [0.5, 0.6) is 0 Å². The van der Waals surface area contributed by atoms with Gasteiger partial charge in [0.15, 0.2) is 0 Å². The van der Waals surface area contributed by atoms with Gasteiger partial charge >= 0.3 is 11.9 Å². The summed E-state index contributed by atoms with van der Waals surface area (Å²) in [7, 11) is 1.24. The number of pyridine rings is 1. The van der Waals surface area contributed by atoms with E-state index in [4.69, 9.17) is 0 Å². The molecule has 1 aromatic heterocycles. The Hall–Kier alpha value is -3.84. The molecule has 3 aromatic rings. The molecular weight excluding hydrogens is 481 g/mol. The molecule has 0 fully saturated rings. The van der Waals surface area contributed by atoms with Crippen LogP contribution in [0.15, 0.2) is 84.0 Å². The smallest absolute Gasteiger partial charge is 0.328 e. The van der Waals surface area contributed by atoms with Crippen molar-refractivity contribution in [3.05, 3.63) is 101 Å². The molecular formula is C25H22N3NiO5-. The second kappa shape index (κ2) is 13.0. The average Bonchev–Trinajstić information content (AvgIpc) is 2.85. The second-order valence-corrected chi connectivity index (χ2v) is 6.96. The van der Waals surface area contributed by atoms with E-state index in [2.05, 4.69) is 20.0 Å². The van der Waals surface area contributed by atoms with E-state index >= 15 is 0 Å². The number of amides is 1. The molecule has 1 heterocycles. The predicted octanol–water partition coefficient (Wildman–Crippen LogP) is 4.17. The van der Waals surface area contributed by atoms with Gasteiger partial charge in [0.25, 0.3) is 0 Å². The van der Waals surface area contributed by atoms with E-state index in [-0.39, 0.29) is 35.0 Å². The molecule has 0 aliphatic carbocycles. The maximum absolute atomic E-state index is 12.7. The van der Waals surface area contributed by atoms with Crippen LogP contribution in [-0.4, -0.2) is 46.8 Å². The predicted molar refractivity (Wildman–Crippen MR) is 123 cm³/mol. The van der Waals surface area contributed by atoms with Crippen molar-refractivity contribution in [1.29, 1.82) is 0 Å². The van der Waals surface area contributed by atoms with Gasteiger partial charge in [-0.15, -0.1) is 5.69 Å². The van der Waals surface area contributed by atoms with Crippen LogP contribution in [0.1, 0.15) is 34.5 Å². The van der Waals surface area contributed by atoms with Crippen LogP contribution in [0.3, 0.4) is 0 Å². The van der Waals surface area contributed by atoms with E-state index in [1.165, 1.54) is 13.3 Å². The Morgan fingerprint density at radius 1 is 1.00 bits per heavy atom.